The fourth-order valence-corrected chi connectivity index (χ4v) is 3.69. The van der Waals surface area contributed by atoms with Gasteiger partial charge in [-0.15, -0.1) is 0 Å². The van der Waals surface area contributed by atoms with Crippen LogP contribution in [0, 0.1) is 5.82 Å². The molecule has 3 rings (SSSR count). The van der Waals surface area contributed by atoms with E-state index in [4.69, 9.17) is 9.47 Å². The van der Waals surface area contributed by atoms with Crippen molar-refractivity contribution in [1.82, 2.24) is 4.90 Å². The third kappa shape index (κ3) is 2.58. The van der Waals surface area contributed by atoms with E-state index in [-0.39, 0.29) is 17.3 Å². The van der Waals surface area contributed by atoms with Gasteiger partial charge in [-0.2, -0.15) is 0 Å². The molecule has 22 heavy (non-hydrogen) atoms. The van der Waals surface area contributed by atoms with E-state index in [2.05, 4.69) is 0 Å². The van der Waals surface area contributed by atoms with Gasteiger partial charge >= 0.3 is 0 Å². The number of halogens is 1. The maximum Gasteiger partial charge on any atom is 0.266 e. The molecule has 1 saturated heterocycles. The second kappa shape index (κ2) is 6.24. The van der Waals surface area contributed by atoms with Crippen LogP contribution in [0.25, 0.3) is 0 Å². The smallest absolute Gasteiger partial charge is 0.266 e. The molecule has 1 heterocycles. The summed E-state index contributed by atoms with van der Waals surface area (Å²) in [5, 5.41) is 0. The summed E-state index contributed by atoms with van der Waals surface area (Å²) in [4.78, 5) is 14.4. The summed E-state index contributed by atoms with van der Waals surface area (Å²) in [6, 6.07) is 5.87. The van der Waals surface area contributed by atoms with E-state index >= 15 is 0 Å². The Morgan fingerprint density at radius 3 is 2.55 bits per heavy atom. The Bertz CT molecular complexity index is 525. The fourth-order valence-electron chi connectivity index (χ4n) is 3.69. The van der Waals surface area contributed by atoms with Crippen molar-refractivity contribution in [2.75, 3.05) is 20.3 Å². The van der Waals surface area contributed by atoms with Crippen LogP contribution in [0.1, 0.15) is 32.1 Å². The molecule has 0 N–H and O–H groups in total. The van der Waals surface area contributed by atoms with Crippen LogP contribution in [0.15, 0.2) is 24.3 Å². The molecular weight excluding hydrogens is 285 g/mol. The molecule has 1 aromatic rings. The summed E-state index contributed by atoms with van der Waals surface area (Å²) in [7, 11) is 1.64. The van der Waals surface area contributed by atoms with Crippen LogP contribution in [0.4, 0.5) is 4.39 Å². The first kappa shape index (κ1) is 15.3. The van der Waals surface area contributed by atoms with Crippen LogP contribution >= 0.6 is 0 Å². The lowest BCUT2D eigenvalue weighted by atomic mass is 9.70. The topological polar surface area (TPSA) is 38.8 Å². The van der Waals surface area contributed by atoms with Crippen LogP contribution < -0.4 is 4.74 Å². The third-order valence-corrected chi connectivity index (χ3v) is 4.82. The quantitative estimate of drug-likeness (QED) is 0.785. The lowest BCUT2D eigenvalue weighted by Crippen LogP contribution is -2.77. The average molecular weight is 307 g/mol. The normalized spacial score (nSPS) is 23.5. The first-order valence-corrected chi connectivity index (χ1v) is 7.90. The van der Waals surface area contributed by atoms with E-state index in [0.29, 0.717) is 18.9 Å². The zero-order chi connectivity index (χ0) is 15.6. The number of likely N-dealkylation sites (tertiary alicyclic amines) is 1. The summed E-state index contributed by atoms with van der Waals surface area (Å²) in [6.07, 6.45) is 4.91. The molecule has 1 atom stereocenters. The Morgan fingerprint density at radius 2 is 1.91 bits per heavy atom. The molecule has 1 aliphatic heterocycles. The van der Waals surface area contributed by atoms with Crippen molar-refractivity contribution in [3.05, 3.63) is 30.1 Å². The van der Waals surface area contributed by atoms with Crippen molar-refractivity contribution in [3.8, 4) is 5.75 Å². The van der Waals surface area contributed by atoms with E-state index in [1.165, 1.54) is 18.6 Å². The standard InChI is InChI=1S/C17H22FNO3/c1-21-12-11-19-16(20)15(17(19)9-3-2-4-10-17)22-14-7-5-13(18)6-8-14/h5-8,15H,2-4,9-12H2,1H3. The molecule has 5 heteroatoms. The van der Waals surface area contributed by atoms with Crippen molar-refractivity contribution in [1.29, 1.82) is 0 Å². The zero-order valence-electron chi connectivity index (χ0n) is 12.9. The number of carbonyl (C=O) groups is 1. The molecule has 1 unspecified atom stereocenters. The number of nitrogens with zero attached hydrogens (tertiary/aromatic N) is 1. The monoisotopic (exact) mass is 307 g/mol. The SMILES string of the molecule is COCCN1C(=O)C(Oc2ccc(F)cc2)C12CCCCC2. The molecule has 120 valence electrons. The van der Waals surface area contributed by atoms with Gasteiger partial charge in [0.05, 0.1) is 12.1 Å². The Kier molecular flexibility index (Phi) is 4.34. The van der Waals surface area contributed by atoms with E-state index in [0.717, 1.165) is 25.7 Å². The van der Waals surface area contributed by atoms with Crippen LogP contribution in [-0.4, -0.2) is 42.7 Å². The Morgan fingerprint density at radius 1 is 1.23 bits per heavy atom. The molecule has 0 bridgehead atoms. The van der Waals surface area contributed by atoms with Gasteiger partial charge in [0.1, 0.15) is 11.6 Å². The third-order valence-electron chi connectivity index (χ3n) is 4.82. The number of methoxy groups -OCH3 is 1. The molecule has 0 aromatic heterocycles. The Labute approximate surface area is 130 Å². The number of hydrogen-bond acceptors (Lipinski definition) is 3. The molecule has 2 aliphatic rings. The number of amides is 1. The van der Waals surface area contributed by atoms with Crippen molar-refractivity contribution in [2.24, 2.45) is 0 Å². The summed E-state index contributed by atoms with van der Waals surface area (Å²) in [5.41, 5.74) is -0.206. The second-order valence-electron chi connectivity index (χ2n) is 6.10. The van der Waals surface area contributed by atoms with Crippen LogP contribution in [0.3, 0.4) is 0 Å². The van der Waals surface area contributed by atoms with Gasteiger partial charge in [-0.25, -0.2) is 4.39 Å². The molecule has 4 nitrogen and oxygen atoms in total. The average Bonchev–Trinajstić information content (AvgIpc) is 2.55. The fraction of sp³-hybridized carbons (Fsp3) is 0.588. The van der Waals surface area contributed by atoms with Crippen LogP contribution in [-0.2, 0) is 9.53 Å². The van der Waals surface area contributed by atoms with Crippen LogP contribution in [0.2, 0.25) is 0 Å². The van der Waals surface area contributed by atoms with E-state index in [1.807, 2.05) is 4.90 Å². The highest BCUT2D eigenvalue weighted by molar-refractivity contribution is 5.90. The summed E-state index contributed by atoms with van der Waals surface area (Å²) >= 11 is 0. The lowest BCUT2D eigenvalue weighted by molar-refractivity contribution is -0.187. The number of hydrogen-bond donors (Lipinski definition) is 0. The Hall–Kier alpha value is -1.62. The number of benzene rings is 1. The molecule has 1 aliphatic carbocycles. The van der Waals surface area contributed by atoms with Crippen molar-refractivity contribution >= 4 is 5.91 Å². The molecule has 1 amide bonds. The molecule has 1 spiro atoms. The highest BCUT2D eigenvalue weighted by Gasteiger charge is 2.61. The minimum absolute atomic E-state index is 0.0169. The maximum absolute atomic E-state index is 13.0. The highest BCUT2D eigenvalue weighted by Crippen LogP contribution is 2.45. The van der Waals surface area contributed by atoms with Gasteiger partial charge in [-0.3, -0.25) is 4.79 Å². The second-order valence-corrected chi connectivity index (χ2v) is 6.10. The molecule has 2 fully saturated rings. The van der Waals surface area contributed by atoms with Crippen molar-refractivity contribution < 1.29 is 18.7 Å². The van der Waals surface area contributed by atoms with E-state index in [1.54, 1.807) is 19.2 Å². The predicted octanol–water partition coefficient (Wildman–Crippen LogP) is 2.76. The van der Waals surface area contributed by atoms with Gasteiger partial charge in [-0.1, -0.05) is 19.3 Å². The number of carbonyl (C=O) groups excluding carboxylic acids is 1. The molecule has 1 aromatic carbocycles. The first-order chi connectivity index (χ1) is 10.7. The van der Waals surface area contributed by atoms with Crippen molar-refractivity contribution in [2.45, 2.75) is 43.7 Å². The molecular formula is C17H22FNO3. The Balaban J connectivity index is 1.76. The van der Waals surface area contributed by atoms with E-state index < -0.39 is 6.10 Å². The summed E-state index contributed by atoms with van der Waals surface area (Å²) < 4.78 is 24.0. The van der Waals surface area contributed by atoms with Gasteiger partial charge in [0.15, 0.2) is 6.10 Å². The van der Waals surface area contributed by atoms with Crippen LogP contribution in [0.5, 0.6) is 5.75 Å². The van der Waals surface area contributed by atoms with Gasteiger partial charge < -0.3 is 14.4 Å². The maximum atomic E-state index is 13.0. The minimum atomic E-state index is -0.449. The van der Waals surface area contributed by atoms with Gasteiger partial charge in [0.2, 0.25) is 0 Å². The molecule has 0 radical (unpaired) electrons. The van der Waals surface area contributed by atoms with Gasteiger partial charge in [-0.05, 0) is 37.1 Å². The van der Waals surface area contributed by atoms with Crippen molar-refractivity contribution in [3.63, 3.8) is 0 Å². The lowest BCUT2D eigenvalue weighted by Gasteiger charge is -2.58. The zero-order valence-corrected chi connectivity index (χ0v) is 12.9. The summed E-state index contributed by atoms with van der Waals surface area (Å²) in [5.74, 6) is 0.265. The molecule has 1 saturated carbocycles. The van der Waals surface area contributed by atoms with Gasteiger partial charge in [0, 0.05) is 13.7 Å². The van der Waals surface area contributed by atoms with E-state index in [9.17, 15) is 9.18 Å². The summed E-state index contributed by atoms with van der Waals surface area (Å²) in [6.45, 7) is 1.15. The number of rotatable bonds is 5. The predicted molar refractivity (Wildman–Crippen MR) is 80.2 cm³/mol. The van der Waals surface area contributed by atoms with Gasteiger partial charge in [0.25, 0.3) is 5.91 Å². The minimum Gasteiger partial charge on any atom is -0.478 e. The number of ether oxygens (including phenoxy) is 2. The largest absolute Gasteiger partial charge is 0.478 e. The first-order valence-electron chi connectivity index (χ1n) is 7.90. The highest BCUT2D eigenvalue weighted by atomic mass is 19.1. The number of β-lactam (4-membered cyclic amide) rings is 1.